The van der Waals surface area contributed by atoms with Crippen LogP contribution < -0.4 is 10.8 Å². The number of amides is 3. The molecule has 29 heavy (non-hydrogen) atoms. The molecule has 0 aliphatic heterocycles. The molecule has 1 aromatic carbocycles. The molecule has 1 saturated carbocycles. The average Bonchev–Trinajstić information content (AvgIpc) is 2.71. The molecule has 1 aliphatic rings. The van der Waals surface area contributed by atoms with Crippen LogP contribution in [0.4, 0.5) is 0 Å². The van der Waals surface area contributed by atoms with Gasteiger partial charge < -0.3 is 15.3 Å². The highest BCUT2D eigenvalue weighted by Crippen LogP contribution is 2.32. The van der Waals surface area contributed by atoms with Gasteiger partial charge >= 0.3 is 0 Å². The SMILES string of the molecule is CNC(=O)C(C(=O)NO)N(C)C(=O)c1ccc(C#CC#CC2CC(CO)C2)cc1. The summed E-state index contributed by atoms with van der Waals surface area (Å²) in [6.45, 7) is 0.207. The molecule has 1 aliphatic carbocycles. The Kier molecular flexibility index (Phi) is 7.79. The lowest BCUT2D eigenvalue weighted by Crippen LogP contribution is -2.54. The predicted octanol–water partition coefficient (Wildman–Crippen LogP) is -0.248. The average molecular weight is 397 g/mol. The smallest absolute Gasteiger partial charge is 0.275 e. The Morgan fingerprint density at radius 1 is 1.17 bits per heavy atom. The Hall–Kier alpha value is -3.33. The van der Waals surface area contributed by atoms with Gasteiger partial charge in [0.15, 0.2) is 6.04 Å². The van der Waals surface area contributed by atoms with Crippen LogP contribution in [0.15, 0.2) is 24.3 Å². The summed E-state index contributed by atoms with van der Waals surface area (Å²) in [5.74, 6) is 9.85. The summed E-state index contributed by atoms with van der Waals surface area (Å²) in [6, 6.07) is 4.84. The fraction of sp³-hybridized carbons (Fsp3) is 0.381. The van der Waals surface area contributed by atoms with Crippen LogP contribution in [0.3, 0.4) is 0 Å². The van der Waals surface area contributed by atoms with E-state index in [0.29, 0.717) is 17.4 Å². The van der Waals surface area contributed by atoms with Crippen molar-refractivity contribution in [2.24, 2.45) is 11.8 Å². The van der Waals surface area contributed by atoms with Gasteiger partial charge in [-0.3, -0.25) is 19.6 Å². The van der Waals surface area contributed by atoms with Crippen LogP contribution in [0.5, 0.6) is 0 Å². The molecule has 2 rings (SSSR count). The number of carbonyl (C=O) groups is 3. The number of hydrogen-bond acceptors (Lipinski definition) is 5. The van der Waals surface area contributed by atoms with Crippen molar-refractivity contribution in [3.8, 4) is 23.7 Å². The van der Waals surface area contributed by atoms with E-state index in [1.807, 2.05) is 0 Å². The second-order valence-corrected chi connectivity index (χ2v) is 6.72. The highest BCUT2D eigenvalue weighted by molar-refractivity contribution is 6.08. The van der Waals surface area contributed by atoms with Gasteiger partial charge in [0.05, 0.1) is 0 Å². The Labute approximate surface area is 169 Å². The van der Waals surface area contributed by atoms with Crippen molar-refractivity contribution in [3.05, 3.63) is 35.4 Å². The molecule has 1 fully saturated rings. The van der Waals surface area contributed by atoms with E-state index in [1.54, 1.807) is 12.1 Å². The lowest BCUT2D eigenvalue weighted by molar-refractivity contribution is -0.140. The van der Waals surface area contributed by atoms with Crippen LogP contribution in [-0.2, 0) is 9.59 Å². The third kappa shape index (κ3) is 5.58. The number of hydrogen-bond donors (Lipinski definition) is 4. The number of aliphatic hydroxyl groups excluding tert-OH is 1. The van der Waals surface area contributed by atoms with Crippen molar-refractivity contribution in [3.63, 3.8) is 0 Å². The highest BCUT2D eigenvalue weighted by atomic mass is 16.5. The Morgan fingerprint density at radius 3 is 2.38 bits per heavy atom. The molecule has 0 radical (unpaired) electrons. The van der Waals surface area contributed by atoms with Crippen LogP contribution in [-0.4, -0.2) is 59.7 Å². The van der Waals surface area contributed by atoms with Gasteiger partial charge in [-0.15, -0.1) is 0 Å². The van der Waals surface area contributed by atoms with Crippen molar-refractivity contribution < 1.29 is 24.7 Å². The van der Waals surface area contributed by atoms with Crippen LogP contribution in [0.2, 0.25) is 0 Å². The largest absolute Gasteiger partial charge is 0.396 e. The summed E-state index contributed by atoms with van der Waals surface area (Å²) < 4.78 is 0. The number of nitrogens with one attached hydrogen (secondary N) is 2. The second kappa shape index (κ2) is 10.3. The molecular formula is C21H23N3O5. The lowest BCUT2D eigenvalue weighted by Gasteiger charge is -2.29. The summed E-state index contributed by atoms with van der Waals surface area (Å²) in [5.41, 5.74) is 2.31. The number of nitrogens with zero attached hydrogens (tertiary/aromatic N) is 1. The minimum absolute atomic E-state index is 0.207. The molecule has 0 heterocycles. The van der Waals surface area contributed by atoms with Crippen molar-refractivity contribution in [2.45, 2.75) is 18.9 Å². The molecule has 1 aromatic rings. The van der Waals surface area contributed by atoms with Crippen LogP contribution in [0.1, 0.15) is 28.8 Å². The van der Waals surface area contributed by atoms with E-state index in [4.69, 9.17) is 10.3 Å². The molecule has 0 spiro atoms. The molecular weight excluding hydrogens is 374 g/mol. The first-order valence-corrected chi connectivity index (χ1v) is 9.06. The van der Waals surface area contributed by atoms with Crippen molar-refractivity contribution in [1.82, 2.24) is 15.7 Å². The zero-order valence-electron chi connectivity index (χ0n) is 16.2. The fourth-order valence-corrected chi connectivity index (χ4v) is 2.93. The van der Waals surface area contributed by atoms with Crippen LogP contribution in [0, 0.1) is 35.5 Å². The third-order valence-electron chi connectivity index (χ3n) is 4.73. The molecule has 1 atom stereocenters. The number of rotatable bonds is 5. The van der Waals surface area contributed by atoms with Gasteiger partial charge in [0, 0.05) is 37.7 Å². The van der Waals surface area contributed by atoms with Crippen molar-refractivity contribution in [1.29, 1.82) is 0 Å². The quantitative estimate of drug-likeness (QED) is 0.237. The van der Waals surface area contributed by atoms with Gasteiger partial charge in [-0.05, 0) is 54.9 Å². The third-order valence-corrected chi connectivity index (χ3v) is 4.73. The number of likely N-dealkylation sites (N-methyl/N-ethyl adjacent to an activating group) is 2. The number of hydroxylamine groups is 1. The normalized spacial score (nSPS) is 17.9. The van der Waals surface area contributed by atoms with Crippen LogP contribution in [0.25, 0.3) is 0 Å². The topological polar surface area (TPSA) is 119 Å². The van der Waals surface area contributed by atoms with Gasteiger partial charge in [0.1, 0.15) is 0 Å². The standard InChI is InChI=1S/C21H23N3O5/c1-22-19(26)18(20(27)23-29)24(2)21(28)17-9-7-14(8-10-17)5-3-4-6-15-11-16(12-15)13-25/h7-10,15-16,18,25,29H,11-13H2,1-2H3,(H,22,26)(H,23,27). The minimum atomic E-state index is -1.51. The van der Waals surface area contributed by atoms with Gasteiger partial charge in [0.25, 0.3) is 17.7 Å². The van der Waals surface area contributed by atoms with E-state index >= 15 is 0 Å². The predicted molar refractivity (Wildman–Crippen MR) is 104 cm³/mol. The summed E-state index contributed by atoms with van der Waals surface area (Å²) >= 11 is 0. The molecule has 8 heteroatoms. The van der Waals surface area contributed by atoms with Gasteiger partial charge in [0.2, 0.25) is 0 Å². The maximum Gasteiger partial charge on any atom is 0.275 e. The van der Waals surface area contributed by atoms with E-state index in [9.17, 15) is 14.4 Å². The zero-order valence-corrected chi connectivity index (χ0v) is 16.2. The zero-order chi connectivity index (χ0) is 21.4. The Balaban J connectivity index is 2.03. The van der Waals surface area contributed by atoms with Crippen LogP contribution >= 0.6 is 0 Å². The Bertz CT molecular complexity index is 867. The summed E-state index contributed by atoms with van der Waals surface area (Å²) in [5, 5.41) is 20.1. The molecule has 1 unspecified atom stereocenters. The monoisotopic (exact) mass is 397 g/mol. The first kappa shape index (κ1) is 22.0. The fourth-order valence-electron chi connectivity index (χ4n) is 2.93. The maximum atomic E-state index is 12.6. The number of aliphatic hydroxyl groups is 1. The molecule has 8 nitrogen and oxygen atoms in total. The summed E-state index contributed by atoms with van der Waals surface area (Å²) in [4.78, 5) is 37.1. The van der Waals surface area contributed by atoms with Crippen molar-refractivity contribution in [2.75, 3.05) is 20.7 Å². The van der Waals surface area contributed by atoms with Gasteiger partial charge in [-0.25, -0.2) is 5.48 Å². The Morgan fingerprint density at radius 2 is 1.83 bits per heavy atom. The number of benzene rings is 1. The van der Waals surface area contributed by atoms with E-state index in [1.165, 1.54) is 31.7 Å². The molecule has 0 aromatic heterocycles. The van der Waals surface area contributed by atoms with Crippen molar-refractivity contribution >= 4 is 17.7 Å². The first-order valence-electron chi connectivity index (χ1n) is 9.06. The summed E-state index contributed by atoms with van der Waals surface area (Å²) in [6.07, 6.45) is 1.81. The minimum Gasteiger partial charge on any atom is -0.396 e. The lowest BCUT2D eigenvalue weighted by atomic mass is 9.76. The molecule has 3 amide bonds. The summed E-state index contributed by atoms with van der Waals surface area (Å²) in [7, 11) is 2.62. The van der Waals surface area contributed by atoms with Gasteiger partial charge in [-0.2, -0.15) is 0 Å². The number of carbonyl (C=O) groups excluding carboxylic acids is 3. The van der Waals surface area contributed by atoms with E-state index in [2.05, 4.69) is 29.0 Å². The highest BCUT2D eigenvalue weighted by Gasteiger charge is 2.33. The molecule has 0 bridgehead atoms. The van der Waals surface area contributed by atoms with E-state index in [0.717, 1.165) is 17.7 Å². The first-order chi connectivity index (χ1) is 13.9. The van der Waals surface area contributed by atoms with E-state index in [-0.39, 0.29) is 12.2 Å². The maximum absolute atomic E-state index is 12.6. The second-order valence-electron chi connectivity index (χ2n) is 6.72. The molecule has 4 N–H and O–H groups in total. The molecule has 0 saturated heterocycles. The van der Waals surface area contributed by atoms with Gasteiger partial charge in [-0.1, -0.05) is 11.8 Å². The van der Waals surface area contributed by atoms with E-state index < -0.39 is 23.8 Å². The molecule has 152 valence electrons.